The lowest BCUT2D eigenvalue weighted by molar-refractivity contribution is 0.475. The van der Waals surface area contributed by atoms with Crippen LogP contribution in [0.1, 0.15) is 6.42 Å². The van der Waals surface area contributed by atoms with Gasteiger partial charge in [0.25, 0.3) is 0 Å². The number of anilines is 1. The fraction of sp³-hybridized carbons (Fsp3) is 0.103. The minimum Gasteiger partial charge on any atom is -0.508 e. The van der Waals surface area contributed by atoms with Crippen LogP contribution in [0.2, 0.25) is 0 Å². The maximum atomic E-state index is 12.5. The molecule has 3 aromatic carbocycles. The van der Waals surface area contributed by atoms with E-state index in [4.69, 9.17) is 4.98 Å². The van der Waals surface area contributed by atoms with Crippen molar-refractivity contribution in [3.63, 3.8) is 0 Å². The van der Waals surface area contributed by atoms with Crippen LogP contribution in [-0.2, 0) is 10.0 Å². The molecule has 0 spiro atoms. The van der Waals surface area contributed by atoms with Gasteiger partial charge in [0.05, 0.1) is 16.3 Å². The SMILES string of the molecule is O=S(=O)(NCCCNc1cc(-c2[nH]c(-c3ccccc3)nc2-c2cccc(O)c2)ccn1)c1ccc(Br)cc1. The van der Waals surface area contributed by atoms with Gasteiger partial charge in [0.15, 0.2) is 0 Å². The van der Waals surface area contributed by atoms with Crippen LogP contribution in [0.4, 0.5) is 5.82 Å². The highest BCUT2D eigenvalue weighted by Gasteiger charge is 2.17. The Labute approximate surface area is 235 Å². The van der Waals surface area contributed by atoms with Gasteiger partial charge < -0.3 is 15.4 Å². The molecule has 0 aliphatic heterocycles. The zero-order valence-electron chi connectivity index (χ0n) is 20.8. The van der Waals surface area contributed by atoms with Gasteiger partial charge in [-0.1, -0.05) is 58.4 Å². The number of nitrogens with one attached hydrogen (secondary N) is 3. The summed E-state index contributed by atoms with van der Waals surface area (Å²) in [6, 6.07) is 27.2. The van der Waals surface area contributed by atoms with Crippen molar-refractivity contribution in [2.45, 2.75) is 11.3 Å². The Hall–Kier alpha value is -3.99. The van der Waals surface area contributed by atoms with E-state index in [9.17, 15) is 13.5 Å². The Bertz CT molecular complexity index is 1670. The molecule has 0 atom stereocenters. The summed E-state index contributed by atoms with van der Waals surface area (Å²) in [6.45, 7) is 0.810. The van der Waals surface area contributed by atoms with Crippen molar-refractivity contribution in [2.24, 2.45) is 0 Å². The number of pyridine rings is 1. The summed E-state index contributed by atoms with van der Waals surface area (Å²) in [7, 11) is -3.56. The first-order valence-electron chi connectivity index (χ1n) is 12.3. The second kappa shape index (κ2) is 11.8. The number of halogens is 1. The number of nitrogens with zero attached hydrogens (tertiary/aromatic N) is 2. The van der Waals surface area contributed by atoms with Gasteiger partial charge in [0.1, 0.15) is 17.4 Å². The van der Waals surface area contributed by atoms with Crippen LogP contribution in [0.25, 0.3) is 33.9 Å². The zero-order valence-corrected chi connectivity index (χ0v) is 23.2. The number of aromatic nitrogens is 3. The van der Waals surface area contributed by atoms with E-state index in [2.05, 4.69) is 35.9 Å². The number of sulfonamides is 1. The maximum absolute atomic E-state index is 12.5. The van der Waals surface area contributed by atoms with Crippen molar-refractivity contribution in [3.8, 4) is 39.7 Å². The zero-order chi connectivity index (χ0) is 27.2. The number of hydrogen-bond acceptors (Lipinski definition) is 6. The molecule has 8 nitrogen and oxygen atoms in total. The highest BCUT2D eigenvalue weighted by Crippen LogP contribution is 2.34. The normalized spacial score (nSPS) is 11.4. The molecule has 39 heavy (non-hydrogen) atoms. The predicted octanol–water partition coefficient (Wildman–Crippen LogP) is 6.05. The van der Waals surface area contributed by atoms with Gasteiger partial charge in [-0.3, -0.25) is 0 Å². The Morgan fingerprint density at radius 2 is 1.62 bits per heavy atom. The monoisotopic (exact) mass is 603 g/mol. The molecule has 0 saturated carbocycles. The van der Waals surface area contributed by atoms with Crippen LogP contribution >= 0.6 is 15.9 Å². The topological polar surface area (TPSA) is 120 Å². The van der Waals surface area contributed by atoms with Gasteiger partial charge in [0, 0.05) is 40.4 Å². The second-order valence-corrected chi connectivity index (χ2v) is 11.5. The van der Waals surface area contributed by atoms with E-state index in [-0.39, 0.29) is 17.2 Å². The number of hydrogen-bond donors (Lipinski definition) is 4. The van der Waals surface area contributed by atoms with Crippen molar-refractivity contribution < 1.29 is 13.5 Å². The van der Waals surface area contributed by atoms with Gasteiger partial charge in [-0.05, 0) is 55.0 Å². The molecule has 4 N–H and O–H groups in total. The second-order valence-electron chi connectivity index (χ2n) is 8.79. The summed E-state index contributed by atoms with van der Waals surface area (Å²) in [6.07, 6.45) is 2.28. The average Bonchev–Trinajstić information content (AvgIpc) is 3.40. The smallest absolute Gasteiger partial charge is 0.240 e. The Morgan fingerprint density at radius 3 is 2.38 bits per heavy atom. The van der Waals surface area contributed by atoms with Crippen LogP contribution in [0.3, 0.4) is 0 Å². The summed E-state index contributed by atoms with van der Waals surface area (Å²) >= 11 is 3.31. The fourth-order valence-electron chi connectivity index (χ4n) is 4.07. The maximum Gasteiger partial charge on any atom is 0.240 e. The first-order chi connectivity index (χ1) is 18.9. The molecule has 0 radical (unpaired) electrons. The molecule has 0 bridgehead atoms. The van der Waals surface area contributed by atoms with Gasteiger partial charge in [0.2, 0.25) is 10.0 Å². The minimum absolute atomic E-state index is 0.163. The van der Waals surface area contributed by atoms with Crippen molar-refractivity contribution in [1.29, 1.82) is 0 Å². The average molecular weight is 605 g/mol. The van der Waals surface area contributed by atoms with E-state index in [0.29, 0.717) is 30.3 Å². The van der Waals surface area contributed by atoms with Crippen LogP contribution in [-0.4, -0.2) is 41.6 Å². The molecular formula is C29H26BrN5O3S. The fourth-order valence-corrected chi connectivity index (χ4v) is 5.41. The van der Waals surface area contributed by atoms with Crippen LogP contribution in [0.5, 0.6) is 5.75 Å². The van der Waals surface area contributed by atoms with E-state index in [1.54, 1.807) is 48.7 Å². The van der Waals surface area contributed by atoms with E-state index >= 15 is 0 Å². The number of benzene rings is 3. The molecule has 0 aliphatic rings. The number of aromatic amines is 1. The van der Waals surface area contributed by atoms with Crippen molar-refractivity contribution in [3.05, 3.63) is 102 Å². The molecule has 2 heterocycles. The molecule has 0 unspecified atom stereocenters. The predicted molar refractivity (Wildman–Crippen MR) is 157 cm³/mol. The summed E-state index contributed by atoms with van der Waals surface area (Å²) < 4.78 is 28.4. The lowest BCUT2D eigenvalue weighted by Crippen LogP contribution is -2.26. The molecule has 5 aromatic rings. The minimum atomic E-state index is -3.56. The lowest BCUT2D eigenvalue weighted by atomic mass is 10.1. The summed E-state index contributed by atoms with van der Waals surface area (Å²) in [5, 5.41) is 13.3. The molecule has 198 valence electrons. The largest absolute Gasteiger partial charge is 0.508 e. The molecule has 10 heteroatoms. The highest BCUT2D eigenvalue weighted by atomic mass is 79.9. The molecule has 0 saturated heterocycles. The number of aromatic hydroxyl groups is 1. The van der Waals surface area contributed by atoms with Gasteiger partial charge in [-0.2, -0.15) is 0 Å². The number of H-pyrrole nitrogens is 1. The third-order valence-electron chi connectivity index (χ3n) is 5.99. The van der Waals surface area contributed by atoms with Crippen molar-refractivity contribution in [1.82, 2.24) is 19.7 Å². The summed E-state index contributed by atoms with van der Waals surface area (Å²) in [5.41, 5.74) is 4.11. The third-order valence-corrected chi connectivity index (χ3v) is 8.00. The summed E-state index contributed by atoms with van der Waals surface area (Å²) in [4.78, 5) is 13.0. The van der Waals surface area contributed by atoms with Gasteiger partial charge in [-0.25, -0.2) is 23.1 Å². The molecule has 0 aliphatic carbocycles. The highest BCUT2D eigenvalue weighted by molar-refractivity contribution is 9.10. The Balaban J connectivity index is 1.30. The van der Waals surface area contributed by atoms with Crippen molar-refractivity contribution >= 4 is 31.8 Å². The molecule has 5 rings (SSSR count). The third kappa shape index (κ3) is 6.54. The van der Waals surface area contributed by atoms with E-state index in [1.165, 1.54) is 0 Å². The summed E-state index contributed by atoms with van der Waals surface area (Å²) in [5.74, 6) is 1.53. The molecular weight excluding hydrogens is 578 g/mol. The van der Waals surface area contributed by atoms with E-state index < -0.39 is 10.0 Å². The molecule has 0 amide bonds. The number of phenolic OH excluding ortho intramolecular Hbond substituents is 1. The number of phenols is 1. The number of imidazole rings is 1. The Kier molecular flexibility index (Phi) is 8.06. The quantitative estimate of drug-likeness (QED) is 0.144. The van der Waals surface area contributed by atoms with Crippen molar-refractivity contribution in [2.75, 3.05) is 18.4 Å². The number of rotatable bonds is 10. The van der Waals surface area contributed by atoms with Crippen LogP contribution < -0.4 is 10.0 Å². The molecule has 2 aromatic heterocycles. The van der Waals surface area contributed by atoms with Gasteiger partial charge in [-0.15, -0.1) is 0 Å². The first kappa shape index (κ1) is 26.6. The Morgan fingerprint density at radius 1 is 0.846 bits per heavy atom. The van der Waals surface area contributed by atoms with E-state index in [0.717, 1.165) is 26.9 Å². The van der Waals surface area contributed by atoms with Crippen LogP contribution in [0.15, 0.2) is 107 Å². The first-order valence-corrected chi connectivity index (χ1v) is 14.6. The standard InChI is InChI=1S/C29H26BrN5O3S/c30-23-10-12-25(13-11-23)39(37,38)33-16-5-15-31-26-19-22(14-17-32-26)28-27(21-8-4-9-24(36)18-21)34-29(35-28)20-6-2-1-3-7-20/h1-4,6-14,17-19,33,36H,5,15-16H2,(H,31,32)(H,34,35). The van der Waals surface area contributed by atoms with Gasteiger partial charge >= 0.3 is 0 Å². The lowest BCUT2D eigenvalue weighted by Gasteiger charge is -2.09. The molecule has 0 fully saturated rings. The van der Waals surface area contributed by atoms with Crippen LogP contribution in [0, 0.1) is 0 Å². The van der Waals surface area contributed by atoms with E-state index in [1.807, 2.05) is 48.5 Å².